The highest BCUT2D eigenvalue weighted by atomic mass is 16.3. The zero-order chi connectivity index (χ0) is 28.4. The fraction of sp³-hybridized carbons (Fsp3) is 0.0263. The lowest BCUT2D eigenvalue weighted by Gasteiger charge is -2.08. The van der Waals surface area contributed by atoms with Crippen LogP contribution in [-0.2, 0) is 0 Å². The maximum absolute atomic E-state index is 7.99. The van der Waals surface area contributed by atoms with Gasteiger partial charge in [0.1, 0.15) is 16.6 Å². The van der Waals surface area contributed by atoms with Crippen molar-refractivity contribution < 1.29 is 8.83 Å². The molecule has 0 unspecified atom stereocenters. The van der Waals surface area contributed by atoms with Gasteiger partial charge >= 0.3 is 0 Å². The molecule has 0 saturated heterocycles. The topological polar surface area (TPSA) is 55.1 Å². The Kier molecular flexibility index (Phi) is 5.31. The van der Waals surface area contributed by atoms with E-state index in [4.69, 9.17) is 14.2 Å². The Balaban J connectivity index is 1.43. The summed E-state index contributed by atoms with van der Waals surface area (Å²) in [6.45, 7) is 6.07. The summed E-state index contributed by atoms with van der Waals surface area (Å²) in [6.07, 6.45) is 5.20. The van der Waals surface area contributed by atoms with E-state index in [1.54, 1.807) is 0 Å². The van der Waals surface area contributed by atoms with Crippen LogP contribution in [0.5, 0.6) is 0 Å². The van der Waals surface area contributed by atoms with Gasteiger partial charge in [-0.1, -0.05) is 85.5 Å². The summed E-state index contributed by atoms with van der Waals surface area (Å²) in [5.74, 6) is 0. The van der Waals surface area contributed by atoms with Crippen LogP contribution in [0.3, 0.4) is 0 Å². The number of furan rings is 2. The highest BCUT2D eigenvalue weighted by Crippen LogP contribution is 2.41. The number of rotatable bonds is 4. The first-order valence-corrected chi connectivity index (χ1v) is 14.0. The van der Waals surface area contributed by atoms with Gasteiger partial charge in [-0.3, -0.25) is 0 Å². The minimum atomic E-state index is 0.557. The number of hydrogen-bond acceptors (Lipinski definition) is 3. The number of nitrogens with one attached hydrogen (secondary N) is 1. The average molecular weight is 543 g/mol. The molecule has 1 N–H and O–H groups in total. The summed E-state index contributed by atoms with van der Waals surface area (Å²) in [7, 11) is 0. The number of nitrogens with zero attached hydrogens (tertiary/aromatic N) is 1. The van der Waals surface area contributed by atoms with Crippen molar-refractivity contribution >= 4 is 73.1 Å². The van der Waals surface area contributed by atoms with Crippen LogP contribution in [-0.4, -0.2) is 10.8 Å². The zero-order valence-electron chi connectivity index (χ0n) is 23.0. The SMILES string of the molecule is C=c1oc2ccc(-c3cccc4oc5c(-n6c7ccccc7c7ccccc76)cccc5c34)cc2/c1=C(C=N)/C=C\C. The molecule has 3 heterocycles. The summed E-state index contributed by atoms with van der Waals surface area (Å²) in [5, 5.41) is 14.3. The lowest BCUT2D eigenvalue weighted by atomic mass is 9.97. The molecule has 3 aromatic heterocycles. The van der Waals surface area contributed by atoms with Crippen molar-refractivity contribution in [1.29, 1.82) is 5.41 Å². The molecular weight excluding hydrogens is 516 g/mol. The second-order valence-corrected chi connectivity index (χ2v) is 10.5. The van der Waals surface area contributed by atoms with Crippen LogP contribution < -0.4 is 10.6 Å². The molecule has 4 nitrogen and oxygen atoms in total. The third-order valence-corrected chi connectivity index (χ3v) is 8.19. The lowest BCUT2D eigenvalue weighted by Crippen LogP contribution is -2.21. The highest BCUT2D eigenvalue weighted by Gasteiger charge is 2.19. The number of benzene rings is 5. The van der Waals surface area contributed by atoms with Crippen LogP contribution in [0, 0.1) is 5.41 Å². The van der Waals surface area contributed by atoms with E-state index < -0.39 is 0 Å². The van der Waals surface area contributed by atoms with Crippen LogP contribution in [0.1, 0.15) is 6.92 Å². The van der Waals surface area contributed by atoms with Gasteiger partial charge in [-0.2, -0.15) is 0 Å². The van der Waals surface area contributed by atoms with E-state index in [0.29, 0.717) is 5.42 Å². The first-order valence-electron chi connectivity index (χ1n) is 14.0. The molecule has 42 heavy (non-hydrogen) atoms. The van der Waals surface area contributed by atoms with Crippen molar-refractivity contribution in [3.8, 4) is 16.8 Å². The number of para-hydroxylation sites is 3. The van der Waals surface area contributed by atoms with E-state index >= 15 is 0 Å². The monoisotopic (exact) mass is 542 g/mol. The Morgan fingerprint density at radius 2 is 1.45 bits per heavy atom. The van der Waals surface area contributed by atoms with Gasteiger partial charge in [-0.25, -0.2) is 0 Å². The molecule has 0 atom stereocenters. The van der Waals surface area contributed by atoms with Gasteiger partial charge in [0.15, 0.2) is 5.58 Å². The van der Waals surface area contributed by atoms with Crippen LogP contribution in [0.25, 0.3) is 83.7 Å². The Labute approximate surface area is 241 Å². The van der Waals surface area contributed by atoms with Crippen LogP contribution in [0.4, 0.5) is 0 Å². The summed E-state index contributed by atoms with van der Waals surface area (Å²) in [4.78, 5) is 0. The average Bonchev–Trinajstić information content (AvgIpc) is 3.68. The molecular formula is C38H26N2O2. The highest BCUT2D eigenvalue weighted by molar-refractivity contribution is 6.16. The maximum Gasteiger partial charge on any atom is 0.159 e. The first kappa shape index (κ1) is 24.2. The Morgan fingerprint density at radius 3 is 2.19 bits per heavy atom. The normalized spacial score (nSPS) is 12.9. The quantitative estimate of drug-likeness (QED) is 0.226. The van der Waals surface area contributed by atoms with Crippen LogP contribution >= 0.6 is 0 Å². The van der Waals surface area contributed by atoms with Gasteiger partial charge in [-0.15, -0.1) is 0 Å². The fourth-order valence-electron chi connectivity index (χ4n) is 6.45. The Bertz CT molecular complexity index is 2470. The molecule has 8 aromatic rings. The summed E-state index contributed by atoms with van der Waals surface area (Å²) >= 11 is 0. The standard InChI is InChI=1S/C38H26N2O2/c1-3-10-25(22-39)36-23(2)41-34-20-19-24(21-30(34)36)26-13-9-18-35-37(26)29-14-8-17-33(38(29)42-35)40-31-15-6-4-11-27(31)28-12-5-7-16-32(28)40/h3-22,39H,2H2,1H3/b10-3-,36-25-,39-22?. The molecule has 0 spiro atoms. The molecule has 0 amide bonds. The lowest BCUT2D eigenvalue weighted by molar-refractivity contribution is 0.577. The molecule has 4 heteroatoms. The van der Waals surface area contributed by atoms with Crippen molar-refractivity contribution in [2.45, 2.75) is 6.92 Å². The molecule has 0 aliphatic heterocycles. The number of fused-ring (bicyclic) bond motifs is 7. The molecule has 0 saturated carbocycles. The Morgan fingerprint density at radius 1 is 0.738 bits per heavy atom. The van der Waals surface area contributed by atoms with E-state index in [9.17, 15) is 0 Å². The molecule has 5 aromatic carbocycles. The summed E-state index contributed by atoms with van der Waals surface area (Å²) in [6, 6.07) is 35.9. The van der Waals surface area contributed by atoms with Crippen LogP contribution in [0.2, 0.25) is 0 Å². The fourth-order valence-corrected chi connectivity index (χ4v) is 6.45. The molecule has 0 aliphatic carbocycles. The van der Waals surface area contributed by atoms with E-state index in [1.807, 2.05) is 37.3 Å². The molecule has 0 fully saturated rings. The number of hydrogen-bond donors (Lipinski definition) is 1. The number of allylic oxidation sites excluding steroid dienone is 2. The Hall–Kier alpha value is -5.61. The molecule has 200 valence electrons. The van der Waals surface area contributed by atoms with Crippen molar-refractivity contribution in [2.75, 3.05) is 0 Å². The predicted octanol–water partition coefficient (Wildman–Crippen LogP) is 8.88. The molecule has 0 radical (unpaired) electrons. The maximum atomic E-state index is 7.99. The second-order valence-electron chi connectivity index (χ2n) is 10.5. The van der Waals surface area contributed by atoms with Crippen molar-refractivity contribution in [1.82, 2.24) is 4.57 Å². The summed E-state index contributed by atoms with van der Waals surface area (Å²) < 4.78 is 15.0. The van der Waals surface area contributed by atoms with Gasteiger partial charge in [-0.05, 0) is 54.4 Å². The first-order chi connectivity index (χ1) is 20.7. The molecule has 0 aliphatic rings. The molecule has 8 rings (SSSR count). The van der Waals surface area contributed by atoms with E-state index in [2.05, 4.69) is 96.1 Å². The van der Waals surface area contributed by atoms with E-state index in [0.717, 1.165) is 71.5 Å². The zero-order valence-corrected chi connectivity index (χ0v) is 23.0. The number of aromatic nitrogens is 1. The smallest absolute Gasteiger partial charge is 0.159 e. The largest absolute Gasteiger partial charge is 0.457 e. The van der Waals surface area contributed by atoms with E-state index in [-0.39, 0.29) is 0 Å². The second kappa shape index (κ2) is 9.22. The molecule has 0 bridgehead atoms. The third kappa shape index (κ3) is 3.39. The van der Waals surface area contributed by atoms with Crippen LogP contribution in [0.15, 0.2) is 124 Å². The van der Waals surface area contributed by atoms with Crippen molar-refractivity contribution in [3.63, 3.8) is 0 Å². The van der Waals surface area contributed by atoms with Crippen molar-refractivity contribution in [3.05, 3.63) is 126 Å². The van der Waals surface area contributed by atoms with E-state index in [1.165, 1.54) is 17.0 Å². The van der Waals surface area contributed by atoms with Gasteiger partial charge in [0.05, 0.1) is 16.7 Å². The third-order valence-electron chi connectivity index (χ3n) is 8.19. The minimum absolute atomic E-state index is 0.557. The van der Waals surface area contributed by atoms with Gasteiger partial charge in [0, 0.05) is 43.9 Å². The van der Waals surface area contributed by atoms with Gasteiger partial charge < -0.3 is 18.8 Å². The predicted molar refractivity (Wildman–Crippen MR) is 175 cm³/mol. The van der Waals surface area contributed by atoms with Gasteiger partial charge in [0.25, 0.3) is 0 Å². The minimum Gasteiger partial charge on any atom is -0.457 e. The van der Waals surface area contributed by atoms with Crippen molar-refractivity contribution in [2.24, 2.45) is 0 Å². The van der Waals surface area contributed by atoms with Gasteiger partial charge in [0.2, 0.25) is 0 Å². The summed E-state index contributed by atoms with van der Waals surface area (Å²) in [5.41, 5.74) is 9.19.